The van der Waals surface area contributed by atoms with Gasteiger partial charge in [-0.25, -0.2) is 4.79 Å². The SMILES string of the molecule is O=C(C[C@H](NC(=O)OCC1c2ccccc2-c2ccccc21)C(=O)N1CCOCC1)OC(c1ccccc1)(c1ccccc1)c1ccccc1Cl. The second kappa shape index (κ2) is 15.2. The van der Waals surface area contributed by atoms with Crippen LogP contribution in [0.1, 0.15) is 40.2 Å². The number of alkyl carbamates (subject to hydrolysis) is 1. The molecule has 7 rings (SSSR count). The van der Waals surface area contributed by atoms with Gasteiger partial charge in [0.2, 0.25) is 5.91 Å². The van der Waals surface area contributed by atoms with Crippen molar-refractivity contribution in [2.75, 3.05) is 32.9 Å². The summed E-state index contributed by atoms with van der Waals surface area (Å²) in [5.74, 6) is -1.31. The smallest absolute Gasteiger partial charge is 0.407 e. The van der Waals surface area contributed by atoms with Crippen LogP contribution in [0.4, 0.5) is 4.79 Å². The maximum Gasteiger partial charge on any atom is 0.407 e. The monoisotopic (exact) mass is 700 g/mol. The topological polar surface area (TPSA) is 94.2 Å². The van der Waals surface area contributed by atoms with Gasteiger partial charge in [-0.2, -0.15) is 0 Å². The molecular formula is C42H37ClN2O6. The summed E-state index contributed by atoms with van der Waals surface area (Å²) in [4.78, 5) is 43.3. The van der Waals surface area contributed by atoms with Crippen LogP contribution in [-0.2, 0) is 29.4 Å². The number of ether oxygens (including phenoxy) is 3. The number of esters is 1. The average molecular weight is 701 g/mol. The fourth-order valence-electron chi connectivity index (χ4n) is 7.11. The van der Waals surface area contributed by atoms with Crippen LogP contribution < -0.4 is 5.32 Å². The van der Waals surface area contributed by atoms with Gasteiger partial charge in [-0.05, 0) is 28.3 Å². The van der Waals surface area contributed by atoms with E-state index in [9.17, 15) is 14.4 Å². The van der Waals surface area contributed by atoms with E-state index in [0.717, 1.165) is 22.3 Å². The summed E-state index contributed by atoms with van der Waals surface area (Å²) in [7, 11) is 0. The van der Waals surface area contributed by atoms with Crippen LogP contribution in [0.5, 0.6) is 0 Å². The Morgan fingerprint density at radius 3 is 1.86 bits per heavy atom. The minimum Gasteiger partial charge on any atom is -0.449 e. The van der Waals surface area contributed by atoms with Crippen LogP contribution in [0.15, 0.2) is 133 Å². The van der Waals surface area contributed by atoms with E-state index < -0.39 is 36.0 Å². The second-order valence-electron chi connectivity index (χ2n) is 12.5. The molecule has 2 aliphatic rings. The average Bonchev–Trinajstić information content (AvgIpc) is 3.50. The highest BCUT2D eigenvalue weighted by molar-refractivity contribution is 6.31. The van der Waals surface area contributed by atoms with Crippen LogP contribution in [-0.4, -0.2) is 61.8 Å². The molecule has 1 aliphatic heterocycles. The van der Waals surface area contributed by atoms with Crippen LogP contribution in [0.3, 0.4) is 0 Å². The molecule has 0 spiro atoms. The summed E-state index contributed by atoms with van der Waals surface area (Å²) in [5, 5.41) is 3.11. The van der Waals surface area contributed by atoms with Gasteiger partial charge in [0.15, 0.2) is 5.60 Å². The van der Waals surface area contributed by atoms with E-state index in [4.69, 9.17) is 25.8 Å². The van der Waals surface area contributed by atoms with Crippen molar-refractivity contribution in [2.45, 2.75) is 24.0 Å². The van der Waals surface area contributed by atoms with E-state index in [2.05, 4.69) is 17.4 Å². The molecule has 1 aliphatic carbocycles. The molecule has 1 heterocycles. The molecule has 8 nitrogen and oxygen atoms in total. The van der Waals surface area contributed by atoms with Crippen molar-refractivity contribution >= 4 is 29.6 Å². The summed E-state index contributed by atoms with van der Waals surface area (Å²) in [6, 6.07) is 40.7. The van der Waals surface area contributed by atoms with Gasteiger partial charge in [-0.1, -0.05) is 139 Å². The highest BCUT2D eigenvalue weighted by Crippen LogP contribution is 2.45. The summed E-state index contributed by atoms with van der Waals surface area (Å²) >= 11 is 6.83. The van der Waals surface area contributed by atoms with Crippen molar-refractivity contribution in [3.8, 4) is 11.1 Å². The number of hydrogen-bond acceptors (Lipinski definition) is 6. The number of benzene rings is 5. The zero-order valence-electron chi connectivity index (χ0n) is 27.9. The fourth-order valence-corrected chi connectivity index (χ4v) is 7.38. The maximum absolute atomic E-state index is 14.3. The zero-order valence-corrected chi connectivity index (χ0v) is 28.6. The normalized spacial score (nSPS) is 14.6. The minimum absolute atomic E-state index is 0.0560. The number of amides is 2. The van der Waals surface area contributed by atoms with E-state index in [-0.39, 0.29) is 12.5 Å². The number of hydrogen-bond donors (Lipinski definition) is 1. The van der Waals surface area contributed by atoms with E-state index in [1.54, 1.807) is 11.0 Å². The fraction of sp³-hybridized carbons (Fsp3) is 0.214. The third kappa shape index (κ3) is 6.98. The number of carbonyl (C=O) groups excluding carboxylic acids is 3. The molecule has 2 amide bonds. The lowest BCUT2D eigenvalue weighted by Gasteiger charge is -2.36. The number of nitrogens with one attached hydrogen (secondary N) is 1. The van der Waals surface area contributed by atoms with Crippen LogP contribution in [0.25, 0.3) is 11.1 Å². The van der Waals surface area contributed by atoms with Crippen molar-refractivity contribution in [3.05, 3.63) is 166 Å². The van der Waals surface area contributed by atoms with Gasteiger partial charge in [0.05, 0.1) is 19.6 Å². The Morgan fingerprint density at radius 1 is 0.745 bits per heavy atom. The maximum atomic E-state index is 14.3. The lowest BCUT2D eigenvalue weighted by Crippen LogP contribution is -2.53. The molecule has 51 heavy (non-hydrogen) atoms. The quantitative estimate of drug-likeness (QED) is 0.121. The molecule has 1 N–H and O–H groups in total. The lowest BCUT2D eigenvalue weighted by molar-refractivity contribution is -0.156. The molecule has 1 fully saturated rings. The number of morpholine rings is 1. The molecule has 9 heteroatoms. The number of rotatable bonds is 10. The minimum atomic E-state index is -1.46. The number of halogens is 1. The molecule has 0 saturated carbocycles. The van der Waals surface area contributed by atoms with Gasteiger partial charge < -0.3 is 24.4 Å². The summed E-state index contributed by atoms with van der Waals surface area (Å²) in [6.07, 6.45) is -1.26. The predicted octanol–water partition coefficient (Wildman–Crippen LogP) is 7.33. The molecular weight excluding hydrogens is 664 g/mol. The molecule has 258 valence electrons. The Labute approximate surface area is 301 Å². The molecule has 0 radical (unpaired) electrons. The van der Waals surface area contributed by atoms with Crippen molar-refractivity contribution in [2.24, 2.45) is 0 Å². The summed E-state index contributed by atoms with van der Waals surface area (Å²) < 4.78 is 17.8. The molecule has 0 bridgehead atoms. The van der Waals surface area contributed by atoms with Gasteiger partial charge in [0.25, 0.3) is 0 Å². The molecule has 5 aromatic rings. The molecule has 1 saturated heterocycles. The third-order valence-corrected chi connectivity index (χ3v) is 9.84. The van der Waals surface area contributed by atoms with Gasteiger partial charge in [-0.15, -0.1) is 0 Å². The van der Waals surface area contributed by atoms with Gasteiger partial charge in [0.1, 0.15) is 12.6 Å². The van der Waals surface area contributed by atoms with E-state index >= 15 is 0 Å². The molecule has 5 aromatic carbocycles. The lowest BCUT2D eigenvalue weighted by atomic mass is 9.80. The Morgan fingerprint density at radius 2 is 1.27 bits per heavy atom. The first-order valence-electron chi connectivity index (χ1n) is 17.0. The van der Waals surface area contributed by atoms with Gasteiger partial charge >= 0.3 is 12.1 Å². The Bertz CT molecular complexity index is 1930. The molecule has 0 unspecified atom stereocenters. The first kappa shape index (κ1) is 34.0. The first-order valence-corrected chi connectivity index (χ1v) is 17.4. The van der Waals surface area contributed by atoms with Crippen molar-refractivity contribution < 1.29 is 28.6 Å². The van der Waals surface area contributed by atoms with E-state index in [1.807, 2.05) is 115 Å². The Hall–Kier alpha value is -5.44. The zero-order chi connectivity index (χ0) is 35.2. The number of nitrogens with zero attached hydrogens (tertiary/aromatic N) is 1. The summed E-state index contributed by atoms with van der Waals surface area (Å²) in [6.45, 7) is 1.42. The van der Waals surface area contributed by atoms with Crippen LogP contribution >= 0.6 is 11.6 Å². The Balaban J connectivity index is 1.16. The summed E-state index contributed by atoms with van der Waals surface area (Å²) in [5.41, 5.74) is 4.75. The predicted molar refractivity (Wildman–Crippen MR) is 194 cm³/mol. The molecule has 0 aromatic heterocycles. The standard InChI is InChI=1S/C42H37ClN2O6/c43-37-22-12-11-21-36(37)42(29-13-3-1-4-14-29,30-15-5-2-6-16-30)51-39(46)27-38(40(47)45-23-25-49-26-24-45)44-41(48)50-28-35-33-19-9-7-17-31(33)32-18-8-10-20-34(32)35/h1-22,35,38H,23-28H2,(H,44,48)/t38-/m0/s1. The largest absolute Gasteiger partial charge is 0.449 e. The third-order valence-electron chi connectivity index (χ3n) is 9.51. The van der Waals surface area contributed by atoms with Gasteiger partial charge in [-0.3, -0.25) is 9.59 Å². The van der Waals surface area contributed by atoms with Crippen molar-refractivity contribution in [3.63, 3.8) is 0 Å². The first-order chi connectivity index (χ1) is 25.0. The van der Waals surface area contributed by atoms with E-state index in [0.29, 0.717) is 48.0 Å². The van der Waals surface area contributed by atoms with Crippen molar-refractivity contribution in [1.29, 1.82) is 0 Å². The highest BCUT2D eigenvalue weighted by atomic mass is 35.5. The number of carbonyl (C=O) groups is 3. The van der Waals surface area contributed by atoms with Gasteiger partial charge in [0, 0.05) is 40.7 Å². The number of fused-ring (bicyclic) bond motifs is 3. The highest BCUT2D eigenvalue weighted by Gasteiger charge is 2.43. The van der Waals surface area contributed by atoms with Crippen molar-refractivity contribution in [1.82, 2.24) is 10.2 Å². The Kier molecular flexibility index (Phi) is 10.1. The second-order valence-corrected chi connectivity index (χ2v) is 12.9. The van der Waals surface area contributed by atoms with E-state index in [1.165, 1.54) is 0 Å². The van der Waals surface area contributed by atoms with Crippen LogP contribution in [0, 0.1) is 0 Å². The van der Waals surface area contributed by atoms with Crippen LogP contribution in [0.2, 0.25) is 5.02 Å². The molecule has 1 atom stereocenters.